The number of fused-ring (bicyclic) bond motifs is 1. The first-order valence-corrected chi connectivity index (χ1v) is 8.30. The normalized spacial score (nSPS) is 14.7. The van der Waals surface area contributed by atoms with Gasteiger partial charge >= 0.3 is 0 Å². The van der Waals surface area contributed by atoms with E-state index in [-0.39, 0.29) is 29.4 Å². The molecule has 8 nitrogen and oxygen atoms in total. The summed E-state index contributed by atoms with van der Waals surface area (Å²) in [5.41, 5.74) is 0.508. The Labute approximate surface area is 155 Å². The standard InChI is InChI=1S/C19H19N3O5/c1-19(2)10-15(23)20-16-13(19)8-9-14(22(25)26)17(16)21-18(24)11-4-6-12(27-3)7-5-11/h4-9H,10H2,1-3H3,(H,20,23)(H,21,24). The van der Waals surface area contributed by atoms with Crippen LogP contribution < -0.4 is 15.4 Å². The van der Waals surface area contributed by atoms with Crippen molar-refractivity contribution >= 4 is 28.9 Å². The zero-order chi connectivity index (χ0) is 19.8. The number of nitro benzene ring substituents is 1. The summed E-state index contributed by atoms with van der Waals surface area (Å²) < 4.78 is 5.06. The Kier molecular flexibility index (Phi) is 4.57. The highest BCUT2D eigenvalue weighted by molar-refractivity contribution is 6.10. The van der Waals surface area contributed by atoms with E-state index in [1.165, 1.54) is 13.2 Å². The highest BCUT2D eigenvalue weighted by Gasteiger charge is 2.36. The molecule has 8 heteroatoms. The molecule has 0 fully saturated rings. The lowest BCUT2D eigenvalue weighted by Crippen LogP contribution is -2.33. The first-order valence-electron chi connectivity index (χ1n) is 8.30. The van der Waals surface area contributed by atoms with Crippen molar-refractivity contribution in [3.8, 4) is 5.75 Å². The molecule has 0 unspecified atom stereocenters. The molecule has 2 amide bonds. The summed E-state index contributed by atoms with van der Waals surface area (Å²) in [7, 11) is 1.51. The van der Waals surface area contributed by atoms with Gasteiger partial charge in [0.15, 0.2) is 0 Å². The van der Waals surface area contributed by atoms with Gasteiger partial charge in [-0.3, -0.25) is 19.7 Å². The number of carbonyl (C=O) groups excluding carboxylic acids is 2. The van der Waals surface area contributed by atoms with Crippen LogP contribution in [-0.4, -0.2) is 23.8 Å². The second kappa shape index (κ2) is 6.71. The van der Waals surface area contributed by atoms with E-state index in [2.05, 4.69) is 10.6 Å². The molecule has 1 aliphatic rings. The van der Waals surface area contributed by atoms with E-state index in [4.69, 9.17) is 4.74 Å². The number of ether oxygens (including phenoxy) is 1. The topological polar surface area (TPSA) is 111 Å². The summed E-state index contributed by atoms with van der Waals surface area (Å²) in [6.07, 6.45) is 0.254. The van der Waals surface area contributed by atoms with Gasteiger partial charge in [-0.1, -0.05) is 13.8 Å². The molecular formula is C19H19N3O5. The van der Waals surface area contributed by atoms with E-state index in [0.717, 1.165) is 5.56 Å². The van der Waals surface area contributed by atoms with Crippen molar-refractivity contribution in [2.24, 2.45) is 0 Å². The summed E-state index contributed by atoms with van der Waals surface area (Å²) in [5.74, 6) is -0.191. The van der Waals surface area contributed by atoms with Crippen molar-refractivity contribution < 1.29 is 19.2 Å². The van der Waals surface area contributed by atoms with Gasteiger partial charge in [0.05, 0.1) is 17.7 Å². The van der Waals surface area contributed by atoms with E-state index in [1.807, 2.05) is 13.8 Å². The molecule has 1 heterocycles. The summed E-state index contributed by atoms with van der Waals surface area (Å²) >= 11 is 0. The van der Waals surface area contributed by atoms with Crippen LogP contribution in [0.4, 0.5) is 17.1 Å². The Hall–Kier alpha value is -3.42. The second-order valence-electron chi connectivity index (χ2n) is 6.93. The lowest BCUT2D eigenvalue weighted by atomic mass is 9.77. The van der Waals surface area contributed by atoms with Crippen LogP contribution in [0.25, 0.3) is 0 Å². The summed E-state index contributed by atoms with van der Waals surface area (Å²) in [4.78, 5) is 35.6. The number of amides is 2. The SMILES string of the molecule is COc1ccc(C(=O)Nc2c([N+](=O)[O-])ccc3c2NC(=O)CC3(C)C)cc1. The van der Waals surface area contributed by atoms with Gasteiger partial charge in [-0.15, -0.1) is 0 Å². The van der Waals surface area contributed by atoms with Gasteiger partial charge in [-0.05, 0) is 35.9 Å². The minimum Gasteiger partial charge on any atom is -0.497 e. The monoisotopic (exact) mass is 369 g/mol. The summed E-state index contributed by atoms with van der Waals surface area (Å²) in [5, 5.41) is 16.7. The number of nitro groups is 1. The van der Waals surface area contributed by atoms with Crippen LogP contribution in [0.2, 0.25) is 0 Å². The van der Waals surface area contributed by atoms with Gasteiger partial charge in [0, 0.05) is 23.5 Å². The molecule has 0 radical (unpaired) electrons. The maximum Gasteiger partial charge on any atom is 0.294 e. The Morgan fingerprint density at radius 1 is 1.22 bits per heavy atom. The Morgan fingerprint density at radius 2 is 1.89 bits per heavy atom. The van der Waals surface area contributed by atoms with Crippen LogP contribution in [0.15, 0.2) is 36.4 Å². The number of nitrogens with zero attached hydrogens (tertiary/aromatic N) is 1. The molecule has 0 aromatic heterocycles. The van der Waals surface area contributed by atoms with Crippen LogP contribution in [0.5, 0.6) is 5.75 Å². The zero-order valence-electron chi connectivity index (χ0n) is 15.2. The van der Waals surface area contributed by atoms with E-state index in [9.17, 15) is 19.7 Å². The van der Waals surface area contributed by atoms with Crippen LogP contribution in [0, 0.1) is 10.1 Å². The number of rotatable bonds is 4. The fourth-order valence-electron chi connectivity index (χ4n) is 3.17. The largest absolute Gasteiger partial charge is 0.497 e. The highest BCUT2D eigenvalue weighted by atomic mass is 16.6. The molecule has 2 N–H and O–H groups in total. The number of anilines is 2. The summed E-state index contributed by atoms with van der Waals surface area (Å²) in [6.45, 7) is 3.76. The number of methoxy groups -OCH3 is 1. The minimum atomic E-state index is -0.586. The number of benzene rings is 2. The van der Waals surface area contributed by atoms with E-state index < -0.39 is 16.2 Å². The van der Waals surface area contributed by atoms with Crippen LogP contribution in [0.3, 0.4) is 0 Å². The molecule has 1 aliphatic heterocycles. The predicted molar refractivity (Wildman–Crippen MR) is 100 cm³/mol. The first kappa shape index (κ1) is 18.4. The molecule has 3 rings (SSSR count). The van der Waals surface area contributed by atoms with Crippen LogP contribution >= 0.6 is 0 Å². The Balaban J connectivity index is 2.06. The smallest absolute Gasteiger partial charge is 0.294 e. The van der Waals surface area contributed by atoms with Crippen molar-refractivity contribution in [1.29, 1.82) is 0 Å². The first-order chi connectivity index (χ1) is 12.7. The third-order valence-corrected chi connectivity index (χ3v) is 4.57. The second-order valence-corrected chi connectivity index (χ2v) is 6.93. The van der Waals surface area contributed by atoms with Gasteiger partial charge < -0.3 is 15.4 Å². The molecule has 2 aromatic carbocycles. The molecule has 2 aromatic rings. The van der Waals surface area contributed by atoms with Crippen molar-refractivity contribution in [2.75, 3.05) is 17.7 Å². The van der Waals surface area contributed by atoms with Gasteiger partial charge in [0.2, 0.25) is 5.91 Å². The Bertz CT molecular complexity index is 935. The van der Waals surface area contributed by atoms with E-state index in [1.54, 1.807) is 30.3 Å². The molecule has 0 saturated heterocycles. The molecule has 0 atom stereocenters. The van der Waals surface area contributed by atoms with Crippen molar-refractivity contribution in [3.05, 3.63) is 57.6 Å². The number of hydrogen-bond donors (Lipinski definition) is 2. The fraction of sp³-hybridized carbons (Fsp3) is 0.263. The van der Waals surface area contributed by atoms with E-state index >= 15 is 0 Å². The van der Waals surface area contributed by atoms with E-state index in [0.29, 0.717) is 11.3 Å². The molecule has 0 aliphatic carbocycles. The number of hydrogen-bond acceptors (Lipinski definition) is 5. The minimum absolute atomic E-state index is 0.0144. The highest BCUT2D eigenvalue weighted by Crippen LogP contribution is 2.45. The molecule has 0 spiro atoms. The molecule has 0 bridgehead atoms. The molecular weight excluding hydrogens is 350 g/mol. The number of carbonyl (C=O) groups is 2. The Morgan fingerprint density at radius 3 is 2.48 bits per heavy atom. The predicted octanol–water partition coefficient (Wildman–Crippen LogP) is 3.48. The van der Waals surface area contributed by atoms with Crippen molar-refractivity contribution in [3.63, 3.8) is 0 Å². The average Bonchev–Trinajstić information content (AvgIpc) is 2.61. The summed E-state index contributed by atoms with van der Waals surface area (Å²) in [6, 6.07) is 9.32. The molecule has 140 valence electrons. The fourth-order valence-corrected chi connectivity index (χ4v) is 3.17. The van der Waals surface area contributed by atoms with Gasteiger partial charge in [0.1, 0.15) is 11.4 Å². The third-order valence-electron chi connectivity index (χ3n) is 4.57. The van der Waals surface area contributed by atoms with Crippen LogP contribution in [-0.2, 0) is 10.2 Å². The lowest BCUT2D eigenvalue weighted by molar-refractivity contribution is -0.383. The van der Waals surface area contributed by atoms with Gasteiger partial charge in [-0.25, -0.2) is 0 Å². The van der Waals surface area contributed by atoms with Crippen molar-refractivity contribution in [1.82, 2.24) is 0 Å². The quantitative estimate of drug-likeness (QED) is 0.633. The van der Waals surface area contributed by atoms with Crippen molar-refractivity contribution in [2.45, 2.75) is 25.7 Å². The van der Waals surface area contributed by atoms with Crippen LogP contribution in [0.1, 0.15) is 36.2 Å². The maximum atomic E-state index is 12.6. The van der Waals surface area contributed by atoms with Gasteiger partial charge in [0.25, 0.3) is 11.6 Å². The zero-order valence-corrected chi connectivity index (χ0v) is 15.2. The number of nitrogens with one attached hydrogen (secondary N) is 2. The van der Waals surface area contributed by atoms with Gasteiger partial charge in [-0.2, -0.15) is 0 Å². The lowest BCUT2D eigenvalue weighted by Gasteiger charge is -2.33. The molecule has 0 saturated carbocycles. The third kappa shape index (κ3) is 3.46. The maximum absolute atomic E-state index is 12.6. The molecule has 27 heavy (non-hydrogen) atoms. The average molecular weight is 369 g/mol.